The van der Waals surface area contributed by atoms with Crippen LogP contribution in [-0.2, 0) is 11.3 Å². The van der Waals surface area contributed by atoms with E-state index >= 15 is 0 Å². The molecule has 0 aliphatic carbocycles. The van der Waals surface area contributed by atoms with Crippen LogP contribution in [0.5, 0.6) is 5.75 Å². The highest BCUT2D eigenvalue weighted by Gasteiger charge is 2.15. The van der Waals surface area contributed by atoms with Crippen molar-refractivity contribution in [3.05, 3.63) is 58.3 Å². The number of hydrogen-bond donors (Lipinski definition) is 4. The number of aromatic amines is 2. The first-order chi connectivity index (χ1) is 12.0. The number of H-pyrrole nitrogens is 2. The minimum Gasteiger partial charge on any atom is -0.484 e. The molecule has 0 aliphatic heterocycles. The number of benzene rings is 1. The van der Waals surface area contributed by atoms with Crippen molar-refractivity contribution in [1.29, 1.82) is 0 Å². The molecule has 2 heterocycles. The lowest BCUT2D eigenvalue weighted by molar-refractivity contribution is -0.119. The zero-order valence-corrected chi connectivity index (χ0v) is 13.0. The molecule has 9 nitrogen and oxygen atoms in total. The van der Waals surface area contributed by atoms with E-state index in [1.54, 1.807) is 24.3 Å². The summed E-state index contributed by atoms with van der Waals surface area (Å²) in [6.45, 7) is -0.00161. The number of nitrogens with zero attached hydrogens (tertiary/aromatic N) is 1. The third-order valence-electron chi connectivity index (χ3n) is 3.45. The predicted molar refractivity (Wildman–Crippen MR) is 89.0 cm³/mol. The summed E-state index contributed by atoms with van der Waals surface area (Å²) in [4.78, 5) is 44.1. The van der Waals surface area contributed by atoms with Gasteiger partial charge in [-0.3, -0.25) is 14.4 Å². The largest absolute Gasteiger partial charge is 0.484 e. The maximum Gasteiger partial charge on any atom is 0.261 e. The van der Waals surface area contributed by atoms with Crippen LogP contribution in [0.1, 0.15) is 15.9 Å². The third-order valence-corrected chi connectivity index (χ3v) is 3.45. The number of carbonyl (C=O) groups is 2. The number of ether oxygens (including phenoxy) is 1. The van der Waals surface area contributed by atoms with Crippen LogP contribution >= 0.6 is 0 Å². The molecular weight excluding hydrogens is 326 g/mol. The number of primary amides is 1. The molecule has 3 aromatic rings. The summed E-state index contributed by atoms with van der Waals surface area (Å²) in [5.41, 5.74) is 5.96. The molecule has 5 N–H and O–H groups in total. The highest BCUT2D eigenvalue weighted by molar-refractivity contribution is 6.05. The van der Waals surface area contributed by atoms with Gasteiger partial charge in [0.05, 0.1) is 17.3 Å². The number of nitrogens with two attached hydrogens (primary N) is 1. The second-order valence-electron chi connectivity index (χ2n) is 5.24. The van der Waals surface area contributed by atoms with Gasteiger partial charge in [0.25, 0.3) is 17.4 Å². The van der Waals surface area contributed by atoms with Crippen LogP contribution in [0.15, 0.2) is 41.6 Å². The molecule has 0 bridgehead atoms. The van der Waals surface area contributed by atoms with E-state index in [1.807, 2.05) is 0 Å². The zero-order valence-electron chi connectivity index (χ0n) is 13.0. The molecule has 0 saturated carbocycles. The number of hydrogen-bond acceptors (Lipinski definition) is 5. The lowest BCUT2D eigenvalue weighted by Crippen LogP contribution is -2.24. The summed E-state index contributed by atoms with van der Waals surface area (Å²) in [6.07, 6.45) is 2.70. The Morgan fingerprint density at radius 1 is 1.28 bits per heavy atom. The topological polar surface area (TPSA) is 143 Å². The van der Waals surface area contributed by atoms with Crippen molar-refractivity contribution in [1.82, 2.24) is 20.3 Å². The Morgan fingerprint density at radius 3 is 2.92 bits per heavy atom. The molecule has 0 radical (unpaired) electrons. The Balaban J connectivity index is 1.71. The van der Waals surface area contributed by atoms with E-state index in [0.717, 1.165) is 5.56 Å². The van der Waals surface area contributed by atoms with Crippen LogP contribution in [0, 0.1) is 0 Å². The van der Waals surface area contributed by atoms with E-state index in [2.05, 4.69) is 20.3 Å². The fourth-order valence-electron chi connectivity index (χ4n) is 2.33. The van der Waals surface area contributed by atoms with Crippen molar-refractivity contribution < 1.29 is 14.3 Å². The van der Waals surface area contributed by atoms with E-state index in [1.165, 1.54) is 12.5 Å². The first kappa shape index (κ1) is 16.2. The van der Waals surface area contributed by atoms with Gasteiger partial charge in [0.1, 0.15) is 11.4 Å². The summed E-state index contributed by atoms with van der Waals surface area (Å²) in [6, 6.07) is 6.89. The van der Waals surface area contributed by atoms with Gasteiger partial charge < -0.3 is 25.8 Å². The van der Waals surface area contributed by atoms with E-state index in [4.69, 9.17) is 10.5 Å². The molecule has 3 rings (SSSR count). The van der Waals surface area contributed by atoms with Crippen molar-refractivity contribution in [3.8, 4) is 5.75 Å². The maximum absolute atomic E-state index is 12.3. The summed E-state index contributed by atoms with van der Waals surface area (Å²) < 4.78 is 5.21. The monoisotopic (exact) mass is 341 g/mol. The number of fused-ring (bicyclic) bond motifs is 1. The highest BCUT2D eigenvalue weighted by atomic mass is 16.5. The summed E-state index contributed by atoms with van der Waals surface area (Å²) >= 11 is 0. The number of aromatic nitrogens is 3. The number of rotatable bonds is 6. The van der Waals surface area contributed by atoms with Crippen molar-refractivity contribution in [2.24, 2.45) is 5.73 Å². The van der Waals surface area contributed by atoms with Crippen molar-refractivity contribution in [2.75, 3.05) is 6.61 Å². The zero-order chi connectivity index (χ0) is 17.8. The van der Waals surface area contributed by atoms with Crippen molar-refractivity contribution in [2.45, 2.75) is 6.54 Å². The van der Waals surface area contributed by atoms with Crippen LogP contribution in [0.4, 0.5) is 0 Å². The first-order valence-corrected chi connectivity index (χ1v) is 7.37. The minimum atomic E-state index is -0.572. The van der Waals surface area contributed by atoms with Gasteiger partial charge in [0.15, 0.2) is 6.61 Å². The molecule has 0 fully saturated rings. The molecule has 0 aliphatic rings. The lowest BCUT2D eigenvalue weighted by Gasteiger charge is -2.07. The Bertz CT molecular complexity index is 991. The molecule has 0 saturated heterocycles. The Labute approximate surface area is 141 Å². The van der Waals surface area contributed by atoms with Crippen LogP contribution in [-0.4, -0.2) is 33.4 Å². The molecular formula is C16H15N5O4. The third kappa shape index (κ3) is 3.66. The average Bonchev–Trinajstić information content (AvgIpc) is 3.04. The van der Waals surface area contributed by atoms with Crippen LogP contribution in [0.3, 0.4) is 0 Å². The standard InChI is InChI=1S/C16H15N5O4/c17-12(22)7-25-10-3-1-2-9(4-10)5-19-15(23)11-6-18-14-13(11)16(24)21-8-20-14/h1-4,6,8H,5,7H2,(H2,17,22)(H,19,23)(H2,18,20,21,24). The van der Waals surface area contributed by atoms with Gasteiger partial charge in [-0.2, -0.15) is 0 Å². The summed E-state index contributed by atoms with van der Waals surface area (Å²) in [5, 5.41) is 2.93. The van der Waals surface area contributed by atoms with Gasteiger partial charge in [0.2, 0.25) is 0 Å². The van der Waals surface area contributed by atoms with E-state index < -0.39 is 17.4 Å². The summed E-state index contributed by atoms with van der Waals surface area (Å²) in [7, 11) is 0. The quantitative estimate of drug-likeness (QED) is 0.501. The van der Waals surface area contributed by atoms with Gasteiger partial charge >= 0.3 is 0 Å². The Kier molecular flexibility index (Phi) is 4.46. The smallest absolute Gasteiger partial charge is 0.261 e. The highest BCUT2D eigenvalue weighted by Crippen LogP contribution is 2.14. The fraction of sp³-hybridized carbons (Fsp3) is 0.125. The van der Waals surface area contributed by atoms with E-state index in [0.29, 0.717) is 11.4 Å². The molecule has 1 aromatic carbocycles. The van der Waals surface area contributed by atoms with Gasteiger partial charge in [-0.1, -0.05) is 12.1 Å². The number of carbonyl (C=O) groups excluding carboxylic acids is 2. The molecule has 0 atom stereocenters. The summed E-state index contributed by atoms with van der Waals surface area (Å²) in [5.74, 6) is -0.511. The number of amides is 2. The van der Waals surface area contributed by atoms with Gasteiger partial charge in [-0.25, -0.2) is 4.98 Å². The first-order valence-electron chi connectivity index (χ1n) is 7.37. The Morgan fingerprint density at radius 2 is 2.12 bits per heavy atom. The average molecular weight is 341 g/mol. The molecule has 128 valence electrons. The van der Waals surface area contributed by atoms with E-state index in [9.17, 15) is 14.4 Å². The molecule has 0 unspecified atom stereocenters. The Hall–Kier alpha value is -3.62. The minimum absolute atomic E-state index is 0.207. The molecule has 0 spiro atoms. The van der Waals surface area contributed by atoms with Crippen LogP contribution < -0.4 is 21.3 Å². The number of nitrogens with one attached hydrogen (secondary N) is 3. The second-order valence-corrected chi connectivity index (χ2v) is 5.24. The SMILES string of the molecule is NC(=O)COc1cccc(CNC(=O)c2c[nH]c3nc[nH]c(=O)c23)c1. The second kappa shape index (κ2) is 6.87. The van der Waals surface area contributed by atoms with Crippen LogP contribution in [0.25, 0.3) is 11.0 Å². The van der Waals surface area contributed by atoms with Gasteiger partial charge in [-0.15, -0.1) is 0 Å². The van der Waals surface area contributed by atoms with Crippen LogP contribution in [0.2, 0.25) is 0 Å². The predicted octanol–water partition coefficient (Wildman–Crippen LogP) is 0.0453. The normalized spacial score (nSPS) is 10.6. The van der Waals surface area contributed by atoms with Crippen molar-refractivity contribution in [3.63, 3.8) is 0 Å². The maximum atomic E-state index is 12.3. The molecule has 2 amide bonds. The molecule has 25 heavy (non-hydrogen) atoms. The van der Waals surface area contributed by atoms with Gasteiger partial charge in [0, 0.05) is 12.7 Å². The fourth-order valence-corrected chi connectivity index (χ4v) is 2.33. The van der Waals surface area contributed by atoms with Gasteiger partial charge in [-0.05, 0) is 17.7 Å². The van der Waals surface area contributed by atoms with E-state index in [-0.39, 0.29) is 24.1 Å². The van der Waals surface area contributed by atoms with Crippen molar-refractivity contribution >= 4 is 22.8 Å². The lowest BCUT2D eigenvalue weighted by atomic mass is 10.2. The molecule has 2 aromatic heterocycles. The molecule has 9 heteroatoms.